The molecule has 1 fully saturated rings. The molecule has 0 bridgehead atoms. The van der Waals surface area contributed by atoms with Gasteiger partial charge in [0.2, 0.25) is 15.9 Å². The van der Waals surface area contributed by atoms with Crippen LogP contribution in [-0.4, -0.2) is 23.9 Å². The van der Waals surface area contributed by atoms with E-state index in [-0.39, 0.29) is 17.1 Å². The summed E-state index contributed by atoms with van der Waals surface area (Å²) in [5.41, 5.74) is 2.44. The zero-order chi connectivity index (χ0) is 20.8. The van der Waals surface area contributed by atoms with Gasteiger partial charge < -0.3 is 9.88 Å². The second-order valence-corrected chi connectivity index (χ2v) is 9.04. The van der Waals surface area contributed by atoms with Crippen LogP contribution >= 0.6 is 0 Å². The maximum absolute atomic E-state index is 13.8. The van der Waals surface area contributed by atoms with E-state index in [4.69, 9.17) is 4.98 Å². The van der Waals surface area contributed by atoms with Gasteiger partial charge in [0.15, 0.2) is 0 Å². The van der Waals surface area contributed by atoms with Crippen molar-refractivity contribution in [2.24, 2.45) is 7.05 Å². The van der Waals surface area contributed by atoms with E-state index in [2.05, 4.69) is 14.6 Å². The Bertz CT molecular complexity index is 1220. The van der Waals surface area contributed by atoms with Crippen LogP contribution in [0.5, 0.6) is 0 Å². The van der Waals surface area contributed by atoms with Gasteiger partial charge in [-0.1, -0.05) is 6.07 Å². The number of fused-ring (bicyclic) bond motifs is 1. The minimum atomic E-state index is -3.89. The van der Waals surface area contributed by atoms with Crippen molar-refractivity contribution in [1.82, 2.24) is 14.3 Å². The molecule has 1 amide bonds. The van der Waals surface area contributed by atoms with E-state index in [0.717, 1.165) is 53.5 Å². The molecule has 2 N–H and O–H groups in total. The molecular formula is C20H21FN4O3S. The molecule has 0 atom stereocenters. The van der Waals surface area contributed by atoms with Crippen molar-refractivity contribution in [1.29, 1.82) is 0 Å². The highest BCUT2D eigenvalue weighted by Gasteiger charge is 2.28. The summed E-state index contributed by atoms with van der Waals surface area (Å²) in [7, 11) is -1.89. The second kappa shape index (κ2) is 7.23. The molecule has 1 aromatic heterocycles. The van der Waals surface area contributed by atoms with E-state index >= 15 is 0 Å². The predicted octanol–water partition coefficient (Wildman–Crippen LogP) is 3.03. The third-order valence-electron chi connectivity index (χ3n) is 4.95. The third-order valence-corrected chi connectivity index (χ3v) is 6.35. The van der Waals surface area contributed by atoms with Gasteiger partial charge in [-0.2, -0.15) is 0 Å². The lowest BCUT2D eigenvalue weighted by atomic mass is 10.2. The molecule has 1 aliphatic carbocycles. The fraction of sp³-hybridized carbons (Fsp3) is 0.300. The molecule has 0 spiro atoms. The van der Waals surface area contributed by atoms with Crippen molar-refractivity contribution in [3.05, 3.63) is 53.6 Å². The summed E-state index contributed by atoms with van der Waals surface area (Å²) in [4.78, 5) is 15.7. The second-order valence-electron chi connectivity index (χ2n) is 7.27. The van der Waals surface area contributed by atoms with E-state index in [1.165, 1.54) is 6.92 Å². The van der Waals surface area contributed by atoms with Gasteiger partial charge in [0.1, 0.15) is 11.6 Å². The smallest absolute Gasteiger partial charge is 0.240 e. The first-order valence-corrected chi connectivity index (χ1v) is 10.7. The Morgan fingerprint density at radius 3 is 2.69 bits per heavy atom. The molecule has 152 valence electrons. The maximum Gasteiger partial charge on any atom is 0.240 e. The minimum absolute atomic E-state index is 0.0699. The molecule has 1 aliphatic rings. The number of nitrogens with one attached hydrogen (secondary N) is 2. The molecular weight excluding hydrogens is 395 g/mol. The van der Waals surface area contributed by atoms with Gasteiger partial charge in [-0.05, 0) is 48.7 Å². The van der Waals surface area contributed by atoms with Crippen molar-refractivity contribution in [3.8, 4) is 0 Å². The van der Waals surface area contributed by atoms with Gasteiger partial charge in [0.25, 0.3) is 0 Å². The Balaban J connectivity index is 1.54. The molecule has 0 saturated heterocycles. The quantitative estimate of drug-likeness (QED) is 0.646. The third kappa shape index (κ3) is 4.01. The Labute approximate surface area is 168 Å². The van der Waals surface area contributed by atoms with Gasteiger partial charge in [0.05, 0.1) is 21.6 Å². The van der Waals surface area contributed by atoms with E-state index < -0.39 is 21.7 Å². The number of hydrogen-bond acceptors (Lipinski definition) is 4. The monoisotopic (exact) mass is 416 g/mol. The molecule has 1 heterocycles. The van der Waals surface area contributed by atoms with E-state index in [9.17, 15) is 17.6 Å². The summed E-state index contributed by atoms with van der Waals surface area (Å²) < 4.78 is 43.6. The van der Waals surface area contributed by atoms with Crippen LogP contribution in [0, 0.1) is 5.82 Å². The first kappa shape index (κ1) is 19.5. The zero-order valence-corrected chi connectivity index (χ0v) is 16.9. The number of aromatic nitrogens is 2. The predicted molar refractivity (Wildman–Crippen MR) is 107 cm³/mol. The first-order chi connectivity index (χ1) is 13.7. The Hall–Kier alpha value is -2.78. The normalized spacial score (nSPS) is 14.3. The van der Waals surface area contributed by atoms with Crippen LogP contribution in [0.15, 0.2) is 41.3 Å². The largest absolute Gasteiger partial charge is 0.331 e. The van der Waals surface area contributed by atoms with Crippen molar-refractivity contribution in [2.45, 2.75) is 37.1 Å². The minimum Gasteiger partial charge on any atom is -0.331 e. The van der Waals surface area contributed by atoms with Crippen LogP contribution in [0.1, 0.15) is 37.1 Å². The number of hydrogen-bond donors (Lipinski definition) is 2. The van der Waals surface area contributed by atoms with Crippen molar-refractivity contribution in [3.63, 3.8) is 0 Å². The lowest BCUT2D eigenvalue weighted by molar-refractivity contribution is -0.114. The first-order valence-electron chi connectivity index (χ1n) is 9.26. The van der Waals surface area contributed by atoms with Crippen LogP contribution < -0.4 is 10.0 Å². The molecule has 29 heavy (non-hydrogen) atoms. The molecule has 4 rings (SSSR count). The highest BCUT2D eigenvalue weighted by Crippen LogP contribution is 2.40. The Kier molecular flexibility index (Phi) is 4.87. The van der Waals surface area contributed by atoms with E-state index in [0.29, 0.717) is 5.92 Å². The number of rotatable bonds is 6. The summed E-state index contributed by atoms with van der Waals surface area (Å²) >= 11 is 0. The molecule has 0 radical (unpaired) electrons. The number of nitrogens with zero attached hydrogens (tertiary/aromatic N) is 2. The summed E-state index contributed by atoms with van der Waals surface area (Å²) in [6, 6.07) is 8.94. The summed E-state index contributed by atoms with van der Waals surface area (Å²) in [5.74, 6) is 0.395. The average Bonchev–Trinajstić information content (AvgIpc) is 3.45. The SMILES string of the molecule is CC(=O)Nc1cc(S(=O)(=O)NCc2ccc3c(c2)nc(C2CC2)n3C)ccc1F. The summed E-state index contributed by atoms with van der Waals surface area (Å²) in [6.07, 6.45) is 2.31. The van der Waals surface area contributed by atoms with Crippen LogP contribution in [0.3, 0.4) is 0 Å². The average molecular weight is 416 g/mol. The van der Waals surface area contributed by atoms with Crippen LogP contribution in [-0.2, 0) is 28.4 Å². The molecule has 3 aromatic rings. The van der Waals surface area contributed by atoms with Gasteiger partial charge in [0, 0.05) is 26.4 Å². The Morgan fingerprint density at radius 1 is 1.24 bits per heavy atom. The van der Waals surface area contributed by atoms with E-state index in [1.807, 2.05) is 25.2 Å². The molecule has 0 aliphatic heterocycles. The number of carbonyl (C=O) groups is 1. The van der Waals surface area contributed by atoms with Crippen LogP contribution in [0.2, 0.25) is 0 Å². The number of sulfonamides is 1. The molecule has 7 nitrogen and oxygen atoms in total. The fourth-order valence-electron chi connectivity index (χ4n) is 3.30. The molecule has 9 heteroatoms. The van der Waals surface area contributed by atoms with Crippen molar-refractivity contribution >= 4 is 32.7 Å². The number of aryl methyl sites for hydroxylation is 1. The van der Waals surface area contributed by atoms with E-state index in [1.54, 1.807) is 0 Å². The van der Waals surface area contributed by atoms with Gasteiger partial charge >= 0.3 is 0 Å². The standard InChI is InChI=1S/C20H21FN4O3S/c1-12(26)23-17-10-15(6-7-16(17)21)29(27,28)22-11-13-3-8-19-18(9-13)24-20(25(19)2)14-4-5-14/h3,6-10,14,22H,4-5,11H2,1-2H3,(H,23,26). The maximum atomic E-state index is 13.8. The van der Waals surface area contributed by atoms with Crippen molar-refractivity contribution < 1.29 is 17.6 Å². The summed E-state index contributed by atoms with van der Waals surface area (Å²) in [5, 5.41) is 2.28. The van der Waals surface area contributed by atoms with Crippen LogP contribution in [0.25, 0.3) is 11.0 Å². The topological polar surface area (TPSA) is 93.1 Å². The molecule has 2 aromatic carbocycles. The highest BCUT2D eigenvalue weighted by molar-refractivity contribution is 7.89. The van der Waals surface area contributed by atoms with Crippen LogP contribution in [0.4, 0.5) is 10.1 Å². The summed E-state index contributed by atoms with van der Waals surface area (Å²) in [6.45, 7) is 1.29. The zero-order valence-electron chi connectivity index (χ0n) is 16.1. The van der Waals surface area contributed by atoms with Crippen molar-refractivity contribution in [2.75, 3.05) is 5.32 Å². The lowest BCUT2D eigenvalue weighted by Crippen LogP contribution is -2.23. The van der Waals surface area contributed by atoms with Gasteiger partial charge in [-0.25, -0.2) is 22.5 Å². The number of benzene rings is 2. The van der Waals surface area contributed by atoms with Gasteiger partial charge in [-0.15, -0.1) is 0 Å². The Morgan fingerprint density at radius 2 is 2.00 bits per heavy atom. The molecule has 0 unspecified atom stereocenters. The lowest BCUT2D eigenvalue weighted by Gasteiger charge is -2.10. The number of amides is 1. The van der Waals surface area contributed by atoms with Gasteiger partial charge in [-0.3, -0.25) is 4.79 Å². The fourth-order valence-corrected chi connectivity index (χ4v) is 4.34. The molecule has 1 saturated carbocycles. The number of imidazole rings is 1. The highest BCUT2D eigenvalue weighted by atomic mass is 32.2. The number of halogens is 1. The number of anilines is 1. The number of carbonyl (C=O) groups excluding carboxylic acids is 1.